The monoisotopic (exact) mass is 416 g/mol. The summed E-state index contributed by atoms with van der Waals surface area (Å²) in [5.74, 6) is -1.13. The molecule has 1 atom stereocenters. The van der Waals surface area contributed by atoms with Gasteiger partial charge in [-0.1, -0.05) is 6.07 Å². The zero-order valence-corrected chi connectivity index (χ0v) is 14.4. The number of halogens is 9. The molecule has 1 N–H and O–H groups in total. The molecule has 1 aromatic carbocycles. The second-order valence-electron chi connectivity index (χ2n) is 5.35. The van der Waals surface area contributed by atoms with Crippen LogP contribution in [0.4, 0.5) is 30.7 Å². The van der Waals surface area contributed by atoms with Crippen molar-refractivity contribution in [1.82, 2.24) is 10.2 Å². The van der Waals surface area contributed by atoms with E-state index in [-0.39, 0.29) is 44.0 Å². The van der Waals surface area contributed by atoms with Crippen LogP contribution in [0.5, 0.6) is 0 Å². The summed E-state index contributed by atoms with van der Waals surface area (Å²) in [7, 11) is 0. The van der Waals surface area contributed by atoms with Crippen molar-refractivity contribution in [2.24, 2.45) is 0 Å². The number of alkyl halides is 6. The van der Waals surface area contributed by atoms with E-state index in [1.165, 1.54) is 4.90 Å². The maximum absolute atomic E-state index is 13.2. The average Bonchev–Trinajstić information content (AvgIpc) is 2.44. The highest BCUT2D eigenvalue weighted by Crippen LogP contribution is 2.41. The maximum Gasteiger partial charge on any atom is 0.416 e. The van der Waals surface area contributed by atoms with Crippen molar-refractivity contribution in [2.75, 3.05) is 26.2 Å². The molecule has 1 aliphatic heterocycles. The van der Waals surface area contributed by atoms with Crippen LogP contribution in [0, 0.1) is 5.82 Å². The van der Waals surface area contributed by atoms with Gasteiger partial charge in [-0.2, -0.15) is 26.3 Å². The first-order chi connectivity index (χ1) is 10.6. The molecular formula is C14H17Cl2F7N2. The molecule has 0 aliphatic carbocycles. The predicted molar refractivity (Wildman–Crippen MR) is 83.8 cm³/mol. The molecule has 0 spiro atoms. The molecule has 0 bridgehead atoms. The van der Waals surface area contributed by atoms with Crippen molar-refractivity contribution < 1.29 is 30.7 Å². The Morgan fingerprint density at radius 3 is 2.04 bits per heavy atom. The zero-order chi connectivity index (χ0) is 17.3. The van der Waals surface area contributed by atoms with Crippen LogP contribution in [0.2, 0.25) is 0 Å². The Balaban J connectivity index is 0.00000288. The first-order valence-electron chi connectivity index (χ1n) is 6.96. The SMILES string of the molecule is Cl.Cl.Fc1ccc([C@@H](CC(F)(F)F)N2CCNCC2)c(C(F)(F)F)c1. The highest BCUT2D eigenvalue weighted by atomic mass is 35.5. The van der Waals surface area contributed by atoms with Gasteiger partial charge in [0.15, 0.2) is 0 Å². The smallest absolute Gasteiger partial charge is 0.314 e. The standard InChI is InChI=1S/C14H15F7N2.2ClH/c15-9-1-2-10(11(7-9)14(19,20)21)12(8-13(16,17)18)23-5-3-22-4-6-23;;/h1-2,7,12,22H,3-6,8H2;2*1H/t12-;;/m1../s1. The van der Waals surface area contributed by atoms with Crippen LogP contribution in [0.1, 0.15) is 23.6 Å². The lowest BCUT2D eigenvalue weighted by Gasteiger charge is -2.36. The molecule has 1 saturated heterocycles. The van der Waals surface area contributed by atoms with E-state index in [2.05, 4.69) is 5.32 Å². The minimum absolute atomic E-state index is 0. The van der Waals surface area contributed by atoms with E-state index in [4.69, 9.17) is 0 Å². The number of piperazine rings is 1. The quantitative estimate of drug-likeness (QED) is 0.725. The molecular weight excluding hydrogens is 400 g/mol. The van der Waals surface area contributed by atoms with Crippen LogP contribution in [0.25, 0.3) is 0 Å². The van der Waals surface area contributed by atoms with Gasteiger partial charge in [-0.3, -0.25) is 4.90 Å². The van der Waals surface area contributed by atoms with Crippen LogP contribution >= 0.6 is 24.8 Å². The molecule has 0 saturated carbocycles. The maximum atomic E-state index is 13.2. The summed E-state index contributed by atoms with van der Waals surface area (Å²) >= 11 is 0. The van der Waals surface area contributed by atoms with Crippen molar-refractivity contribution in [1.29, 1.82) is 0 Å². The Hall–Kier alpha value is -0.770. The topological polar surface area (TPSA) is 15.3 Å². The fourth-order valence-corrected chi connectivity index (χ4v) is 2.71. The Morgan fingerprint density at radius 1 is 1.00 bits per heavy atom. The zero-order valence-electron chi connectivity index (χ0n) is 12.8. The lowest BCUT2D eigenvalue weighted by Crippen LogP contribution is -2.46. The van der Waals surface area contributed by atoms with E-state index in [1.54, 1.807) is 0 Å². The van der Waals surface area contributed by atoms with Gasteiger partial charge in [-0.05, 0) is 17.7 Å². The summed E-state index contributed by atoms with van der Waals surface area (Å²) in [6, 6.07) is 0.322. The van der Waals surface area contributed by atoms with E-state index in [0.717, 1.165) is 12.1 Å². The van der Waals surface area contributed by atoms with Gasteiger partial charge in [0.25, 0.3) is 0 Å². The normalized spacial score (nSPS) is 17.4. The highest BCUT2D eigenvalue weighted by Gasteiger charge is 2.41. The molecule has 0 radical (unpaired) electrons. The fourth-order valence-electron chi connectivity index (χ4n) is 2.71. The van der Waals surface area contributed by atoms with Crippen LogP contribution in [0.15, 0.2) is 18.2 Å². The lowest BCUT2D eigenvalue weighted by atomic mass is 9.95. The number of nitrogens with zero attached hydrogens (tertiary/aromatic N) is 1. The molecule has 1 aromatic rings. The van der Waals surface area contributed by atoms with E-state index < -0.39 is 41.8 Å². The van der Waals surface area contributed by atoms with Gasteiger partial charge in [0.2, 0.25) is 0 Å². The summed E-state index contributed by atoms with van der Waals surface area (Å²) in [6.07, 6.45) is -11.0. The van der Waals surface area contributed by atoms with Crippen LogP contribution in [-0.4, -0.2) is 37.3 Å². The molecule has 1 heterocycles. The molecule has 1 fully saturated rings. The third-order valence-corrected chi connectivity index (χ3v) is 3.70. The van der Waals surface area contributed by atoms with E-state index >= 15 is 0 Å². The van der Waals surface area contributed by atoms with Crippen molar-refractivity contribution in [2.45, 2.75) is 24.8 Å². The average molecular weight is 417 g/mol. The van der Waals surface area contributed by atoms with E-state index in [1.807, 2.05) is 0 Å². The van der Waals surface area contributed by atoms with Gasteiger partial charge in [0, 0.05) is 32.2 Å². The number of hydrogen-bond acceptors (Lipinski definition) is 2. The second-order valence-corrected chi connectivity index (χ2v) is 5.35. The summed E-state index contributed by atoms with van der Waals surface area (Å²) in [6.45, 7) is 1.15. The van der Waals surface area contributed by atoms with Crippen molar-refractivity contribution in [3.63, 3.8) is 0 Å². The third-order valence-electron chi connectivity index (χ3n) is 3.70. The van der Waals surface area contributed by atoms with E-state index in [9.17, 15) is 30.7 Å². The molecule has 2 nitrogen and oxygen atoms in total. The van der Waals surface area contributed by atoms with Crippen molar-refractivity contribution in [3.8, 4) is 0 Å². The molecule has 2 rings (SSSR count). The van der Waals surface area contributed by atoms with Gasteiger partial charge < -0.3 is 5.32 Å². The Morgan fingerprint density at radius 2 is 1.56 bits per heavy atom. The van der Waals surface area contributed by atoms with Gasteiger partial charge in [-0.15, -0.1) is 24.8 Å². The molecule has 25 heavy (non-hydrogen) atoms. The Labute approximate surface area is 152 Å². The van der Waals surface area contributed by atoms with Crippen LogP contribution in [0.3, 0.4) is 0 Å². The van der Waals surface area contributed by atoms with Gasteiger partial charge in [0.05, 0.1) is 12.0 Å². The van der Waals surface area contributed by atoms with Crippen LogP contribution < -0.4 is 5.32 Å². The van der Waals surface area contributed by atoms with E-state index in [0.29, 0.717) is 13.1 Å². The minimum atomic E-state index is -4.92. The molecule has 0 aromatic heterocycles. The minimum Gasteiger partial charge on any atom is -0.314 e. The summed E-state index contributed by atoms with van der Waals surface area (Å²) in [4.78, 5) is 1.35. The van der Waals surface area contributed by atoms with Crippen LogP contribution in [-0.2, 0) is 6.18 Å². The second kappa shape index (κ2) is 9.25. The Bertz CT molecular complexity index is 543. The molecule has 0 amide bonds. The largest absolute Gasteiger partial charge is 0.416 e. The van der Waals surface area contributed by atoms with Crippen molar-refractivity contribution in [3.05, 3.63) is 35.1 Å². The Kier molecular flexibility index (Phi) is 8.96. The number of nitrogens with one attached hydrogen (secondary N) is 1. The number of rotatable bonds is 3. The summed E-state index contributed by atoms with van der Waals surface area (Å²) in [5.41, 5.74) is -1.90. The first-order valence-corrected chi connectivity index (χ1v) is 6.96. The number of hydrogen-bond donors (Lipinski definition) is 1. The van der Waals surface area contributed by atoms with Gasteiger partial charge in [0.1, 0.15) is 5.82 Å². The van der Waals surface area contributed by atoms with Gasteiger partial charge in [-0.25, -0.2) is 4.39 Å². The summed E-state index contributed by atoms with van der Waals surface area (Å²) in [5, 5.41) is 2.93. The molecule has 0 unspecified atom stereocenters. The fraction of sp³-hybridized carbons (Fsp3) is 0.571. The lowest BCUT2D eigenvalue weighted by molar-refractivity contribution is -0.153. The van der Waals surface area contributed by atoms with Gasteiger partial charge >= 0.3 is 12.4 Å². The molecule has 11 heteroatoms. The summed E-state index contributed by atoms with van der Waals surface area (Å²) < 4.78 is 91.1. The first kappa shape index (κ1) is 24.2. The number of benzene rings is 1. The molecule has 146 valence electrons. The predicted octanol–water partition coefficient (Wildman–Crippen LogP) is 4.59. The highest BCUT2D eigenvalue weighted by molar-refractivity contribution is 5.85. The molecule has 1 aliphatic rings. The van der Waals surface area contributed by atoms with Crippen molar-refractivity contribution >= 4 is 24.8 Å². The third kappa shape index (κ3) is 6.80.